The van der Waals surface area contributed by atoms with Crippen LogP contribution in [0, 0.1) is 0 Å². The molecule has 1 amide bonds. The third-order valence-electron chi connectivity index (χ3n) is 4.28. The molecule has 0 atom stereocenters. The molecular weight excluding hydrogens is 338 g/mol. The van der Waals surface area contributed by atoms with Crippen LogP contribution in [0.2, 0.25) is 0 Å². The summed E-state index contributed by atoms with van der Waals surface area (Å²) < 4.78 is 10.0. The fourth-order valence-electron chi connectivity index (χ4n) is 2.71. The molecule has 0 aromatic heterocycles. The summed E-state index contributed by atoms with van der Waals surface area (Å²) in [7, 11) is 0. The van der Waals surface area contributed by atoms with Gasteiger partial charge in [0.2, 0.25) is 0 Å². The van der Waals surface area contributed by atoms with Crippen LogP contribution in [-0.2, 0) is 19.1 Å². The van der Waals surface area contributed by atoms with Crippen LogP contribution in [0.15, 0.2) is 24.3 Å². The molecule has 0 heterocycles. The number of hydrogen-bond acceptors (Lipinski definition) is 6. The number of benzene rings is 1. The van der Waals surface area contributed by atoms with Gasteiger partial charge in [0.15, 0.2) is 12.2 Å². The molecule has 2 N–H and O–H groups in total. The lowest BCUT2D eigenvalue weighted by Gasteiger charge is -2.19. The maximum Gasteiger partial charge on any atom is 0.338 e. The van der Waals surface area contributed by atoms with Crippen molar-refractivity contribution in [3.05, 3.63) is 29.8 Å². The standard InChI is InChI=1S/C19H25NO6/c1-2-3-12-25-17(22)14-6-8-15(9-7-14)20-16(21)13-26-18(23)19(24)10-4-5-11-19/h6-9,24H,2-5,10-13H2,1H3,(H,20,21). The van der Waals surface area contributed by atoms with E-state index in [1.807, 2.05) is 6.92 Å². The molecule has 1 saturated carbocycles. The Morgan fingerprint density at radius 3 is 2.38 bits per heavy atom. The molecule has 0 spiro atoms. The highest BCUT2D eigenvalue weighted by Gasteiger charge is 2.40. The summed E-state index contributed by atoms with van der Waals surface area (Å²) in [6.45, 7) is 1.92. The molecule has 0 unspecified atom stereocenters. The Morgan fingerprint density at radius 2 is 1.77 bits per heavy atom. The fourth-order valence-corrected chi connectivity index (χ4v) is 2.71. The molecular formula is C19H25NO6. The van der Waals surface area contributed by atoms with E-state index in [4.69, 9.17) is 9.47 Å². The van der Waals surface area contributed by atoms with Crippen molar-refractivity contribution >= 4 is 23.5 Å². The van der Waals surface area contributed by atoms with E-state index in [0.717, 1.165) is 25.7 Å². The largest absolute Gasteiger partial charge is 0.462 e. The minimum Gasteiger partial charge on any atom is -0.462 e. The van der Waals surface area contributed by atoms with Crippen molar-refractivity contribution in [3.63, 3.8) is 0 Å². The second kappa shape index (κ2) is 9.33. The van der Waals surface area contributed by atoms with Gasteiger partial charge < -0.3 is 19.9 Å². The molecule has 26 heavy (non-hydrogen) atoms. The van der Waals surface area contributed by atoms with E-state index in [-0.39, 0.29) is 0 Å². The molecule has 7 nitrogen and oxygen atoms in total. The molecule has 1 aromatic carbocycles. The minimum absolute atomic E-state index is 0.364. The highest BCUT2D eigenvalue weighted by molar-refractivity contribution is 5.94. The Kier molecular flexibility index (Phi) is 7.15. The number of amides is 1. The Bertz CT molecular complexity index is 634. The first-order valence-corrected chi connectivity index (χ1v) is 8.91. The summed E-state index contributed by atoms with van der Waals surface area (Å²) in [6.07, 6.45) is 4.02. The minimum atomic E-state index is -1.46. The first-order chi connectivity index (χ1) is 12.4. The van der Waals surface area contributed by atoms with Crippen LogP contribution >= 0.6 is 0 Å². The average Bonchev–Trinajstić information content (AvgIpc) is 3.08. The van der Waals surface area contributed by atoms with Gasteiger partial charge in [0.1, 0.15) is 0 Å². The SMILES string of the molecule is CCCCOC(=O)c1ccc(NC(=O)COC(=O)C2(O)CCCC2)cc1. The molecule has 1 aromatic rings. The van der Waals surface area contributed by atoms with Gasteiger partial charge in [-0.3, -0.25) is 4.79 Å². The van der Waals surface area contributed by atoms with E-state index in [2.05, 4.69) is 5.32 Å². The lowest BCUT2D eigenvalue weighted by atomic mass is 10.0. The number of rotatable bonds is 8. The second-order valence-corrected chi connectivity index (χ2v) is 6.43. The number of ether oxygens (including phenoxy) is 2. The average molecular weight is 363 g/mol. The number of carbonyl (C=O) groups excluding carboxylic acids is 3. The van der Waals surface area contributed by atoms with Gasteiger partial charge in [0, 0.05) is 5.69 Å². The normalized spacial score (nSPS) is 15.3. The van der Waals surface area contributed by atoms with Gasteiger partial charge in [0.25, 0.3) is 5.91 Å². The molecule has 0 bridgehead atoms. The zero-order valence-corrected chi connectivity index (χ0v) is 15.0. The highest BCUT2D eigenvalue weighted by atomic mass is 16.6. The summed E-state index contributed by atoms with van der Waals surface area (Å²) in [5, 5.41) is 12.6. The van der Waals surface area contributed by atoms with Gasteiger partial charge in [-0.05, 0) is 56.4 Å². The molecule has 142 valence electrons. The summed E-state index contributed by atoms with van der Waals surface area (Å²) >= 11 is 0. The van der Waals surface area contributed by atoms with Crippen LogP contribution in [-0.4, -0.2) is 41.8 Å². The van der Waals surface area contributed by atoms with E-state index >= 15 is 0 Å². The number of hydrogen-bond donors (Lipinski definition) is 2. The molecule has 1 aliphatic carbocycles. The lowest BCUT2D eigenvalue weighted by Crippen LogP contribution is -2.38. The van der Waals surface area contributed by atoms with E-state index in [1.165, 1.54) is 0 Å². The zero-order valence-electron chi connectivity index (χ0n) is 15.0. The van der Waals surface area contributed by atoms with Crippen LogP contribution < -0.4 is 5.32 Å². The van der Waals surface area contributed by atoms with E-state index in [9.17, 15) is 19.5 Å². The molecule has 1 fully saturated rings. The summed E-state index contributed by atoms with van der Waals surface area (Å²) in [5.41, 5.74) is -0.593. The van der Waals surface area contributed by atoms with Gasteiger partial charge in [-0.2, -0.15) is 0 Å². The maximum atomic E-state index is 11.9. The van der Waals surface area contributed by atoms with Gasteiger partial charge in [-0.15, -0.1) is 0 Å². The van der Waals surface area contributed by atoms with Gasteiger partial charge in [0.05, 0.1) is 12.2 Å². The third-order valence-corrected chi connectivity index (χ3v) is 4.28. The van der Waals surface area contributed by atoms with Crippen molar-refractivity contribution in [2.75, 3.05) is 18.5 Å². The smallest absolute Gasteiger partial charge is 0.338 e. The predicted molar refractivity (Wildman–Crippen MR) is 94.6 cm³/mol. The number of esters is 2. The molecule has 0 aliphatic heterocycles. The number of nitrogens with one attached hydrogen (secondary N) is 1. The number of anilines is 1. The van der Waals surface area contributed by atoms with E-state index in [0.29, 0.717) is 30.7 Å². The third kappa shape index (κ3) is 5.56. The lowest BCUT2D eigenvalue weighted by molar-refractivity contribution is -0.166. The first-order valence-electron chi connectivity index (χ1n) is 8.91. The van der Waals surface area contributed by atoms with Crippen molar-refractivity contribution in [2.24, 2.45) is 0 Å². The van der Waals surface area contributed by atoms with Gasteiger partial charge in [-0.25, -0.2) is 9.59 Å². The summed E-state index contributed by atoms with van der Waals surface area (Å²) in [5.74, 6) is -1.68. The highest BCUT2D eigenvalue weighted by Crippen LogP contribution is 2.30. The van der Waals surface area contributed by atoms with Crippen LogP contribution in [0.5, 0.6) is 0 Å². The number of unbranched alkanes of at least 4 members (excludes halogenated alkanes) is 1. The monoisotopic (exact) mass is 363 g/mol. The summed E-state index contributed by atoms with van der Waals surface area (Å²) in [6, 6.07) is 6.25. The van der Waals surface area contributed by atoms with Crippen LogP contribution in [0.4, 0.5) is 5.69 Å². The van der Waals surface area contributed by atoms with Crippen LogP contribution in [0.3, 0.4) is 0 Å². The zero-order chi connectivity index (χ0) is 19.0. The van der Waals surface area contributed by atoms with Crippen molar-refractivity contribution < 1.29 is 29.0 Å². The van der Waals surface area contributed by atoms with Crippen molar-refractivity contribution in [3.8, 4) is 0 Å². The van der Waals surface area contributed by atoms with Crippen LogP contribution in [0.1, 0.15) is 55.8 Å². The topological polar surface area (TPSA) is 102 Å². The molecule has 0 saturated heterocycles. The van der Waals surface area contributed by atoms with Gasteiger partial charge >= 0.3 is 11.9 Å². The molecule has 2 rings (SSSR count). The maximum absolute atomic E-state index is 11.9. The van der Waals surface area contributed by atoms with Crippen molar-refractivity contribution in [1.82, 2.24) is 0 Å². The van der Waals surface area contributed by atoms with Crippen LogP contribution in [0.25, 0.3) is 0 Å². The van der Waals surface area contributed by atoms with Crippen molar-refractivity contribution in [1.29, 1.82) is 0 Å². The number of aliphatic hydroxyl groups is 1. The predicted octanol–water partition coefficient (Wildman–Crippen LogP) is 2.43. The number of carbonyl (C=O) groups is 3. The fraction of sp³-hybridized carbons (Fsp3) is 0.526. The molecule has 7 heteroatoms. The quantitative estimate of drug-likeness (QED) is 0.543. The molecule has 0 radical (unpaired) electrons. The molecule has 1 aliphatic rings. The van der Waals surface area contributed by atoms with Crippen molar-refractivity contribution in [2.45, 2.75) is 51.0 Å². The Hall–Kier alpha value is -2.41. The second-order valence-electron chi connectivity index (χ2n) is 6.43. The Labute approximate surface area is 152 Å². The Morgan fingerprint density at radius 1 is 1.12 bits per heavy atom. The van der Waals surface area contributed by atoms with Gasteiger partial charge in [-0.1, -0.05) is 13.3 Å². The van der Waals surface area contributed by atoms with E-state index < -0.39 is 30.1 Å². The first kappa shape index (κ1) is 19.9. The Balaban J connectivity index is 1.78. The van der Waals surface area contributed by atoms with E-state index in [1.54, 1.807) is 24.3 Å². The summed E-state index contributed by atoms with van der Waals surface area (Å²) in [4.78, 5) is 35.5.